The number of aliphatic hydroxyl groups excluding tert-OH is 6. The highest BCUT2D eigenvalue weighted by atomic mass is 16.7. The number of hydrogen-bond acceptors (Lipinski definition) is 15. The van der Waals surface area contributed by atoms with Crippen LogP contribution in [0.15, 0.2) is 42.0 Å². The lowest BCUT2D eigenvalue weighted by molar-refractivity contribution is -0.324. The number of phenolic OH excluding ortho intramolecular Hbond substituents is 1. The number of carbonyl (C=O) groups excluding carboxylic acids is 2. The van der Waals surface area contributed by atoms with Gasteiger partial charge >= 0.3 is 17.9 Å². The molecule has 18 atom stereocenters. The second-order valence-electron chi connectivity index (χ2n) is 22.7. The molecule has 366 valence electrons. The zero-order valence-corrected chi connectivity index (χ0v) is 39.0. The quantitative estimate of drug-likeness (QED) is 0.0794. The van der Waals surface area contributed by atoms with Crippen LogP contribution in [0.1, 0.15) is 112 Å². The van der Waals surface area contributed by atoms with Gasteiger partial charge in [-0.15, -0.1) is 0 Å². The highest BCUT2D eigenvalue weighted by molar-refractivity contribution is 5.87. The van der Waals surface area contributed by atoms with E-state index in [1.165, 1.54) is 18.2 Å². The zero-order chi connectivity index (χ0) is 48.1. The molecule has 16 heteroatoms. The van der Waals surface area contributed by atoms with Crippen molar-refractivity contribution in [3.8, 4) is 5.75 Å². The summed E-state index contributed by atoms with van der Waals surface area (Å²) < 4.78 is 29.5. The van der Waals surface area contributed by atoms with Gasteiger partial charge in [0, 0.05) is 6.08 Å². The molecular weight excluding hydrogens is 857 g/mol. The van der Waals surface area contributed by atoms with Crippen LogP contribution >= 0.6 is 0 Å². The predicted molar refractivity (Wildman–Crippen MR) is 234 cm³/mol. The average Bonchev–Trinajstić information content (AvgIpc) is 3.24. The molecule has 2 saturated heterocycles. The van der Waals surface area contributed by atoms with E-state index in [0.29, 0.717) is 31.2 Å². The van der Waals surface area contributed by atoms with E-state index in [9.17, 15) is 50.4 Å². The van der Waals surface area contributed by atoms with Gasteiger partial charge in [0.2, 0.25) is 6.29 Å². The molecule has 2 unspecified atom stereocenters. The minimum atomic E-state index is -1.82. The number of carbonyl (C=O) groups is 3. The van der Waals surface area contributed by atoms with Gasteiger partial charge in [0.05, 0.1) is 18.8 Å². The van der Waals surface area contributed by atoms with E-state index in [2.05, 4.69) is 54.5 Å². The van der Waals surface area contributed by atoms with Crippen LogP contribution in [0.4, 0.5) is 0 Å². The highest BCUT2D eigenvalue weighted by Gasteiger charge is 2.72. The Morgan fingerprint density at radius 1 is 0.773 bits per heavy atom. The van der Waals surface area contributed by atoms with Crippen LogP contribution < -0.4 is 0 Å². The molecule has 1 aromatic rings. The largest absolute Gasteiger partial charge is 0.508 e. The van der Waals surface area contributed by atoms with Crippen LogP contribution in [0.2, 0.25) is 0 Å². The lowest BCUT2D eigenvalue weighted by Crippen LogP contribution is -2.68. The van der Waals surface area contributed by atoms with Gasteiger partial charge in [-0.2, -0.15) is 0 Å². The van der Waals surface area contributed by atoms with Crippen molar-refractivity contribution in [3.05, 3.63) is 47.6 Å². The van der Waals surface area contributed by atoms with Gasteiger partial charge in [-0.3, -0.25) is 4.79 Å². The molecule has 1 aromatic carbocycles. The van der Waals surface area contributed by atoms with Crippen molar-refractivity contribution >= 4 is 24.0 Å². The lowest BCUT2D eigenvalue weighted by Gasteiger charge is -2.71. The Balaban J connectivity index is 1.05. The molecule has 5 aliphatic carbocycles. The summed E-state index contributed by atoms with van der Waals surface area (Å²) >= 11 is 0. The summed E-state index contributed by atoms with van der Waals surface area (Å²) in [6, 6.07) is 6.10. The van der Waals surface area contributed by atoms with E-state index in [0.717, 1.165) is 37.3 Å². The number of carboxylic acid groups (broad SMARTS) is 1. The molecule has 0 radical (unpaired) electrons. The fourth-order valence-corrected chi connectivity index (χ4v) is 14.4. The summed E-state index contributed by atoms with van der Waals surface area (Å²) in [6.07, 6.45) is -5.86. The van der Waals surface area contributed by atoms with Crippen molar-refractivity contribution < 1.29 is 78.9 Å². The number of phenols is 1. The minimum Gasteiger partial charge on any atom is -0.508 e. The Bertz CT molecular complexity index is 2080. The number of ether oxygens (including phenoxy) is 5. The summed E-state index contributed by atoms with van der Waals surface area (Å²) in [7, 11) is 0. The zero-order valence-electron chi connectivity index (χ0n) is 39.0. The van der Waals surface area contributed by atoms with Gasteiger partial charge in [-0.05, 0) is 126 Å². The Labute approximate surface area is 385 Å². The maximum atomic E-state index is 15.0. The fraction of sp³-hybridized carbons (Fsp3) is 0.740. The van der Waals surface area contributed by atoms with Gasteiger partial charge in [0.25, 0.3) is 0 Å². The first-order chi connectivity index (χ1) is 30.8. The maximum Gasteiger partial charge on any atom is 0.335 e. The third-order valence-corrected chi connectivity index (χ3v) is 18.3. The Morgan fingerprint density at radius 3 is 2.15 bits per heavy atom. The third kappa shape index (κ3) is 7.83. The highest BCUT2D eigenvalue weighted by Crippen LogP contribution is 2.76. The van der Waals surface area contributed by atoms with Crippen LogP contribution in [0.25, 0.3) is 6.08 Å². The third-order valence-electron chi connectivity index (χ3n) is 18.3. The van der Waals surface area contributed by atoms with Crippen molar-refractivity contribution in [2.75, 3.05) is 6.61 Å². The van der Waals surface area contributed by atoms with Crippen molar-refractivity contribution in [2.24, 2.45) is 50.2 Å². The molecule has 66 heavy (non-hydrogen) atoms. The number of fused-ring (bicyclic) bond motifs is 7. The van der Waals surface area contributed by atoms with Crippen LogP contribution in [-0.4, -0.2) is 133 Å². The smallest absolute Gasteiger partial charge is 0.335 e. The Kier molecular flexibility index (Phi) is 12.8. The van der Waals surface area contributed by atoms with E-state index in [4.69, 9.17) is 23.7 Å². The fourth-order valence-electron chi connectivity index (χ4n) is 14.4. The second kappa shape index (κ2) is 17.2. The number of carboxylic acids is 1. The summed E-state index contributed by atoms with van der Waals surface area (Å²) in [6.45, 7) is 15.2. The maximum absolute atomic E-state index is 15.0. The van der Waals surface area contributed by atoms with E-state index in [1.54, 1.807) is 12.1 Å². The topological polar surface area (TPSA) is 259 Å². The lowest BCUT2D eigenvalue weighted by atomic mass is 9.33. The molecule has 6 fully saturated rings. The minimum absolute atomic E-state index is 0.0543. The normalized spacial score (nSPS) is 46.1. The van der Waals surface area contributed by atoms with Crippen LogP contribution in [0.5, 0.6) is 5.75 Å². The number of aliphatic hydroxyl groups is 6. The molecule has 4 saturated carbocycles. The molecule has 0 bridgehead atoms. The number of allylic oxidation sites excluding steroid dienone is 2. The van der Waals surface area contributed by atoms with E-state index >= 15 is 4.79 Å². The van der Waals surface area contributed by atoms with Crippen molar-refractivity contribution in [3.63, 3.8) is 0 Å². The molecule has 0 spiro atoms. The van der Waals surface area contributed by atoms with Gasteiger partial charge in [-0.1, -0.05) is 72.2 Å². The molecule has 7 aliphatic rings. The molecule has 0 aromatic heterocycles. The van der Waals surface area contributed by atoms with E-state index in [-0.39, 0.29) is 46.9 Å². The molecule has 0 amide bonds. The summed E-state index contributed by atoms with van der Waals surface area (Å²) in [5.41, 5.74) is -1.39. The molecule has 2 aliphatic heterocycles. The first kappa shape index (κ1) is 49.0. The second-order valence-corrected chi connectivity index (χ2v) is 22.7. The summed E-state index contributed by atoms with van der Waals surface area (Å²) in [5.74, 6) is -3.14. The number of aromatic hydroxyl groups is 1. The number of aliphatic carboxylic acids is 1. The van der Waals surface area contributed by atoms with Gasteiger partial charge in [-0.25, -0.2) is 9.59 Å². The van der Waals surface area contributed by atoms with Gasteiger partial charge < -0.3 is 64.5 Å². The van der Waals surface area contributed by atoms with E-state index < -0.39 is 108 Å². The predicted octanol–water partition coefficient (Wildman–Crippen LogP) is 3.99. The number of hydrogen-bond donors (Lipinski definition) is 8. The molecular formula is C50H70O16. The summed E-state index contributed by atoms with van der Waals surface area (Å²) in [4.78, 5) is 40.0. The van der Waals surface area contributed by atoms with Crippen LogP contribution in [0, 0.1) is 50.2 Å². The number of benzene rings is 1. The standard InChI is InChI=1S/C50H70O16/c1-45(2)20-21-50(44(61)66-43-40(35(55)29(52)24-62-43)64-34(54)15-10-25-8-11-26(51)12-9-25)28(22-45)27-13-14-31-47(5)18-17-33(63-42-38(58)36(56)37(57)39(65-42)41(59)60)46(3,4)30(47)16-19-48(31,6)49(27,7)23-32(50)53/h8-13,15,28-33,35-40,42-43,51-53,55-58H,14,16-24H2,1-7H3,(H,59,60)/b15-10+/t28-,29+,30?,31?,32+,33-,35-,36-,37-,38+,39-,40+,42+,43-,47-,48+,49+,50+/m0/s1. The van der Waals surface area contributed by atoms with Crippen molar-refractivity contribution in [1.82, 2.24) is 0 Å². The van der Waals surface area contributed by atoms with Gasteiger partial charge in [0.15, 0.2) is 18.5 Å². The molecule has 2 heterocycles. The summed E-state index contributed by atoms with van der Waals surface area (Å²) in [5, 5.41) is 85.3. The van der Waals surface area contributed by atoms with Gasteiger partial charge in [0.1, 0.15) is 41.7 Å². The van der Waals surface area contributed by atoms with E-state index in [1.807, 2.05) is 0 Å². The number of rotatable bonds is 8. The molecule has 8 N–H and O–H groups in total. The SMILES string of the molecule is CC1(C)CC[C@]2(C(=O)O[C@@H]3OC[C@@H](O)[C@H](O)[C@H]3OC(=O)/C=C/c3ccc(O)cc3)[C@H](O)C[C@]3(C)C(=CCC4[C@@]5(C)CC[C@H](O[C@@H]6O[C@H](C(=O)O)[C@@H](O)[C@H](O)[C@H]6O)C(C)(C)C5CC[C@]43C)[C@@H]2C1. The number of esters is 2. The molecule has 8 rings (SSSR count). The Morgan fingerprint density at radius 2 is 1.47 bits per heavy atom. The van der Waals surface area contributed by atoms with Crippen LogP contribution in [-0.2, 0) is 38.1 Å². The van der Waals surface area contributed by atoms with Crippen molar-refractivity contribution in [2.45, 2.75) is 174 Å². The first-order valence-corrected chi connectivity index (χ1v) is 23.6. The average molecular weight is 927 g/mol. The molecule has 16 nitrogen and oxygen atoms in total. The Hall–Kier alpha value is -3.45. The van der Waals surface area contributed by atoms with Crippen LogP contribution in [0.3, 0.4) is 0 Å². The van der Waals surface area contributed by atoms with Crippen molar-refractivity contribution in [1.29, 1.82) is 0 Å². The first-order valence-electron chi connectivity index (χ1n) is 23.6. The monoisotopic (exact) mass is 926 g/mol.